The number of unbranched alkanes of at least 4 members (excludes halogenated alkanes) is 13. The number of allylic oxidation sites excluding steroid dienone is 2. The van der Waals surface area contributed by atoms with Gasteiger partial charge in [0.1, 0.15) is 0 Å². The van der Waals surface area contributed by atoms with Crippen LogP contribution in [0, 0.1) is 45.8 Å². The Morgan fingerprint density at radius 3 is 2.04 bits per heavy atom. The van der Waals surface area contributed by atoms with Crippen molar-refractivity contribution in [2.45, 2.75) is 208 Å². The van der Waals surface area contributed by atoms with Gasteiger partial charge in [0, 0.05) is 6.08 Å². The summed E-state index contributed by atoms with van der Waals surface area (Å²) in [5.74, 6) is 3.53. The number of aliphatic hydroxyl groups excluding tert-OH is 1. The first kappa shape index (κ1) is 39.7. The SMILES string of the molecule is CC(C)CCC[C@@H](C)[C@H]1CC[C@H]2[C@@H]3CC=C4C[C@@H](O)CC[C@]4(C)C3(CCCCCCCCCCCCCCCC=CC(=O)O)CC[C@]12C. The number of fused-ring (bicyclic) bond motifs is 5. The highest BCUT2D eigenvalue weighted by atomic mass is 16.4. The van der Waals surface area contributed by atoms with Crippen LogP contribution in [0.25, 0.3) is 0 Å². The van der Waals surface area contributed by atoms with Crippen molar-refractivity contribution < 1.29 is 15.0 Å². The highest BCUT2D eigenvalue weighted by molar-refractivity contribution is 5.79. The van der Waals surface area contributed by atoms with Gasteiger partial charge in [0.05, 0.1) is 6.10 Å². The van der Waals surface area contributed by atoms with E-state index in [1.807, 2.05) is 0 Å². The fraction of sp³-hybridized carbons (Fsp3) is 0.889. The molecule has 0 radical (unpaired) electrons. The van der Waals surface area contributed by atoms with Gasteiger partial charge in [-0.2, -0.15) is 0 Å². The molecule has 0 aliphatic heterocycles. The second kappa shape index (κ2) is 18.9. The Labute approximate surface area is 297 Å². The minimum atomic E-state index is -0.832. The number of rotatable bonds is 22. The lowest BCUT2D eigenvalue weighted by Gasteiger charge is -2.66. The average Bonchev–Trinajstić information content (AvgIpc) is 3.40. The smallest absolute Gasteiger partial charge is 0.327 e. The largest absolute Gasteiger partial charge is 0.478 e. The van der Waals surface area contributed by atoms with Crippen molar-refractivity contribution in [3.63, 3.8) is 0 Å². The third-order valence-corrected chi connectivity index (χ3v) is 15.0. The topological polar surface area (TPSA) is 57.5 Å². The maximum absolute atomic E-state index is 10.7. The normalized spacial score (nSPS) is 33.8. The maximum atomic E-state index is 10.7. The van der Waals surface area contributed by atoms with Crippen molar-refractivity contribution in [1.29, 1.82) is 0 Å². The zero-order valence-electron chi connectivity index (χ0n) is 32.4. The number of carbonyl (C=O) groups is 1. The van der Waals surface area contributed by atoms with E-state index in [2.05, 4.69) is 40.7 Å². The van der Waals surface area contributed by atoms with Crippen molar-refractivity contribution >= 4 is 5.97 Å². The van der Waals surface area contributed by atoms with Crippen molar-refractivity contribution in [2.75, 3.05) is 0 Å². The summed E-state index contributed by atoms with van der Waals surface area (Å²) in [5, 5.41) is 19.4. The van der Waals surface area contributed by atoms with Gasteiger partial charge in [-0.25, -0.2) is 4.79 Å². The quantitative estimate of drug-likeness (QED) is 0.0687. The van der Waals surface area contributed by atoms with E-state index in [4.69, 9.17) is 5.11 Å². The summed E-state index contributed by atoms with van der Waals surface area (Å²) in [6.07, 6.45) is 40.0. The van der Waals surface area contributed by atoms with Crippen LogP contribution in [-0.2, 0) is 4.79 Å². The first-order chi connectivity index (χ1) is 23.0. The molecule has 0 saturated heterocycles. The summed E-state index contributed by atoms with van der Waals surface area (Å²) in [6, 6.07) is 0. The van der Waals surface area contributed by atoms with Crippen LogP contribution in [0.2, 0.25) is 0 Å². The molecule has 3 heteroatoms. The van der Waals surface area contributed by atoms with Gasteiger partial charge >= 0.3 is 5.97 Å². The van der Waals surface area contributed by atoms with Gasteiger partial charge in [-0.3, -0.25) is 0 Å². The molecule has 4 aliphatic carbocycles. The number of carboxylic acids is 1. The highest BCUT2D eigenvalue weighted by Gasteiger charge is 2.65. The predicted octanol–water partition coefficient (Wildman–Crippen LogP) is 13.3. The molecule has 0 aromatic rings. The van der Waals surface area contributed by atoms with E-state index in [0.29, 0.717) is 16.2 Å². The fourth-order valence-electron chi connectivity index (χ4n) is 12.2. The number of carboxylic acid groups (broad SMARTS) is 1. The van der Waals surface area contributed by atoms with E-state index in [0.717, 1.165) is 55.3 Å². The Hall–Kier alpha value is -1.09. The van der Waals surface area contributed by atoms with Crippen LogP contribution >= 0.6 is 0 Å². The van der Waals surface area contributed by atoms with Crippen molar-refractivity contribution in [1.82, 2.24) is 0 Å². The van der Waals surface area contributed by atoms with Crippen LogP contribution in [0.3, 0.4) is 0 Å². The third kappa shape index (κ3) is 9.82. The molecule has 8 atom stereocenters. The lowest BCUT2D eigenvalue weighted by atomic mass is 9.39. The molecule has 4 rings (SSSR count). The van der Waals surface area contributed by atoms with Crippen LogP contribution in [0.15, 0.2) is 23.8 Å². The molecule has 3 fully saturated rings. The molecule has 2 N–H and O–H groups in total. The van der Waals surface area contributed by atoms with Gasteiger partial charge in [-0.05, 0) is 116 Å². The summed E-state index contributed by atoms with van der Waals surface area (Å²) < 4.78 is 0. The average molecular weight is 667 g/mol. The molecule has 1 unspecified atom stereocenters. The Balaban J connectivity index is 1.22. The molecule has 3 nitrogen and oxygen atoms in total. The number of aliphatic carboxylic acids is 1. The number of hydrogen-bond donors (Lipinski definition) is 2. The first-order valence-corrected chi connectivity index (χ1v) is 21.3. The predicted molar refractivity (Wildman–Crippen MR) is 204 cm³/mol. The van der Waals surface area contributed by atoms with Crippen molar-refractivity contribution in [3.8, 4) is 0 Å². The van der Waals surface area contributed by atoms with Crippen LogP contribution in [0.4, 0.5) is 0 Å². The highest BCUT2D eigenvalue weighted by Crippen LogP contribution is 2.73. The van der Waals surface area contributed by atoms with E-state index in [-0.39, 0.29) is 6.10 Å². The molecule has 276 valence electrons. The van der Waals surface area contributed by atoms with Crippen LogP contribution < -0.4 is 0 Å². The minimum absolute atomic E-state index is 0.117. The first-order valence-electron chi connectivity index (χ1n) is 21.3. The molecule has 3 saturated carbocycles. The van der Waals surface area contributed by atoms with E-state index < -0.39 is 5.97 Å². The van der Waals surface area contributed by atoms with Gasteiger partial charge in [-0.15, -0.1) is 0 Å². The van der Waals surface area contributed by atoms with E-state index >= 15 is 0 Å². The summed E-state index contributed by atoms with van der Waals surface area (Å²) >= 11 is 0. The van der Waals surface area contributed by atoms with Gasteiger partial charge < -0.3 is 10.2 Å². The van der Waals surface area contributed by atoms with E-state index in [9.17, 15) is 9.90 Å². The van der Waals surface area contributed by atoms with Crippen molar-refractivity contribution in [2.24, 2.45) is 45.8 Å². The molecule has 0 amide bonds. The maximum Gasteiger partial charge on any atom is 0.327 e. The molecular formula is C45H78O3. The molecular weight excluding hydrogens is 588 g/mol. The van der Waals surface area contributed by atoms with Gasteiger partial charge in [0.2, 0.25) is 0 Å². The Kier molecular flexibility index (Phi) is 15.7. The monoisotopic (exact) mass is 667 g/mol. The summed E-state index contributed by atoms with van der Waals surface area (Å²) in [4.78, 5) is 10.5. The second-order valence-corrected chi connectivity index (χ2v) is 18.4. The van der Waals surface area contributed by atoms with Crippen LogP contribution in [0.5, 0.6) is 0 Å². The Morgan fingerprint density at radius 1 is 0.792 bits per heavy atom. The van der Waals surface area contributed by atoms with Gasteiger partial charge in [-0.1, -0.05) is 149 Å². The molecule has 0 spiro atoms. The van der Waals surface area contributed by atoms with Crippen LogP contribution in [-0.4, -0.2) is 22.3 Å². The summed E-state index contributed by atoms with van der Waals surface area (Å²) in [6.45, 7) is 12.8. The number of aliphatic hydroxyl groups is 1. The Morgan fingerprint density at radius 2 is 1.42 bits per heavy atom. The molecule has 0 aromatic carbocycles. The van der Waals surface area contributed by atoms with Gasteiger partial charge in [0.15, 0.2) is 0 Å². The molecule has 4 aliphatic rings. The number of hydrogen-bond acceptors (Lipinski definition) is 2. The zero-order chi connectivity index (χ0) is 34.6. The fourth-order valence-corrected chi connectivity index (χ4v) is 12.2. The minimum Gasteiger partial charge on any atom is -0.478 e. The Bertz CT molecular complexity index is 1030. The lowest BCUT2D eigenvalue weighted by molar-refractivity contribution is -0.134. The lowest BCUT2D eigenvalue weighted by Crippen LogP contribution is -2.58. The summed E-state index contributed by atoms with van der Waals surface area (Å²) in [5.41, 5.74) is 2.93. The third-order valence-electron chi connectivity index (χ3n) is 15.0. The summed E-state index contributed by atoms with van der Waals surface area (Å²) in [7, 11) is 0. The van der Waals surface area contributed by atoms with Crippen molar-refractivity contribution in [3.05, 3.63) is 23.8 Å². The standard InChI is InChI=1S/C45H78O3/c1-35(2)22-21-23-36(3)39-27-28-40-41-26-25-37-34-38(46)29-31-44(37,5)45(41,33-32-43(39,40)4)30-20-18-16-14-12-10-8-6-7-9-11-13-15-17-19-24-42(47)48/h19,24-25,35-36,38-41,46H,6-18,20-23,26-34H2,1-5H3,(H,47,48)/t36-,38+,39-,40+,41+,43-,44+,45?/m1/s1. The molecule has 48 heavy (non-hydrogen) atoms. The molecule has 0 heterocycles. The van der Waals surface area contributed by atoms with Crippen LogP contribution in [0.1, 0.15) is 202 Å². The second-order valence-electron chi connectivity index (χ2n) is 18.4. The zero-order valence-corrected chi connectivity index (χ0v) is 32.4. The van der Waals surface area contributed by atoms with E-state index in [1.54, 1.807) is 11.6 Å². The van der Waals surface area contributed by atoms with E-state index in [1.165, 1.54) is 147 Å². The molecule has 0 aromatic heterocycles. The molecule has 0 bridgehead atoms. The van der Waals surface area contributed by atoms with Gasteiger partial charge in [0.25, 0.3) is 0 Å².